The van der Waals surface area contributed by atoms with Gasteiger partial charge in [0.15, 0.2) is 5.82 Å². The van der Waals surface area contributed by atoms with E-state index in [1.807, 2.05) is 55.5 Å². The van der Waals surface area contributed by atoms with Crippen molar-refractivity contribution in [3.8, 4) is 11.4 Å². The number of aryl methyl sites for hydroxylation is 1. The van der Waals surface area contributed by atoms with Crippen LogP contribution in [0.1, 0.15) is 11.1 Å². The summed E-state index contributed by atoms with van der Waals surface area (Å²) < 4.78 is 1.98. The fourth-order valence-corrected chi connectivity index (χ4v) is 2.39. The van der Waals surface area contributed by atoms with Crippen LogP contribution in [0, 0.1) is 11.7 Å². The van der Waals surface area contributed by atoms with E-state index >= 15 is 0 Å². The Morgan fingerprint density at radius 3 is 2.64 bits per heavy atom. The summed E-state index contributed by atoms with van der Waals surface area (Å²) in [6, 6.07) is 15.5. The van der Waals surface area contributed by atoms with Crippen LogP contribution in [0.25, 0.3) is 11.4 Å². The van der Waals surface area contributed by atoms with Crippen molar-refractivity contribution in [2.75, 3.05) is 0 Å². The number of aromatic amines is 1. The minimum atomic E-state index is 0.415. The third kappa shape index (κ3) is 3.00. The van der Waals surface area contributed by atoms with Gasteiger partial charge in [0.2, 0.25) is 4.77 Å². The van der Waals surface area contributed by atoms with Gasteiger partial charge < -0.3 is 0 Å². The SMILES string of the molecule is Cc1ccc(/C=N/n2c(-c3ccccc3Cl)n[nH]c2=S)cc1. The maximum Gasteiger partial charge on any atom is 0.216 e. The van der Waals surface area contributed by atoms with Gasteiger partial charge in [0, 0.05) is 5.56 Å². The summed E-state index contributed by atoms with van der Waals surface area (Å²) in [4.78, 5) is 0. The highest BCUT2D eigenvalue weighted by Gasteiger charge is 2.10. The lowest BCUT2D eigenvalue weighted by molar-refractivity contribution is 0.871. The lowest BCUT2D eigenvalue weighted by atomic mass is 10.2. The van der Waals surface area contributed by atoms with Crippen LogP contribution in [0.2, 0.25) is 5.02 Å². The molecule has 0 saturated carbocycles. The maximum absolute atomic E-state index is 6.22. The van der Waals surface area contributed by atoms with Gasteiger partial charge in [0.25, 0.3) is 0 Å². The second-order valence-electron chi connectivity index (χ2n) is 4.80. The van der Waals surface area contributed by atoms with Crippen LogP contribution >= 0.6 is 23.8 Å². The molecule has 2 aromatic carbocycles. The molecule has 3 rings (SSSR count). The van der Waals surface area contributed by atoms with E-state index in [2.05, 4.69) is 15.3 Å². The van der Waals surface area contributed by atoms with Crippen molar-refractivity contribution in [1.29, 1.82) is 0 Å². The normalized spacial score (nSPS) is 11.2. The molecule has 3 aromatic rings. The zero-order valence-electron chi connectivity index (χ0n) is 11.8. The first-order valence-corrected chi connectivity index (χ1v) is 7.47. The molecule has 1 N–H and O–H groups in total. The van der Waals surface area contributed by atoms with Gasteiger partial charge in [-0.25, -0.2) is 5.10 Å². The number of benzene rings is 2. The first-order valence-electron chi connectivity index (χ1n) is 6.68. The molecule has 0 aliphatic heterocycles. The average molecular weight is 329 g/mol. The third-order valence-electron chi connectivity index (χ3n) is 3.16. The maximum atomic E-state index is 6.22. The van der Waals surface area contributed by atoms with Gasteiger partial charge in [-0.3, -0.25) is 0 Å². The van der Waals surface area contributed by atoms with Crippen LogP contribution < -0.4 is 0 Å². The molecule has 0 unspecified atom stereocenters. The van der Waals surface area contributed by atoms with Crippen LogP contribution in [0.15, 0.2) is 53.6 Å². The number of aromatic nitrogens is 3. The van der Waals surface area contributed by atoms with E-state index in [4.69, 9.17) is 23.8 Å². The molecule has 110 valence electrons. The number of rotatable bonds is 3. The quantitative estimate of drug-likeness (QED) is 0.570. The third-order valence-corrected chi connectivity index (χ3v) is 3.76. The second kappa shape index (κ2) is 6.25. The van der Waals surface area contributed by atoms with E-state index in [0.717, 1.165) is 11.1 Å². The number of hydrogen-bond donors (Lipinski definition) is 1. The fourth-order valence-electron chi connectivity index (χ4n) is 1.99. The van der Waals surface area contributed by atoms with Crippen molar-refractivity contribution in [3.63, 3.8) is 0 Å². The summed E-state index contributed by atoms with van der Waals surface area (Å²) in [5.41, 5.74) is 2.96. The van der Waals surface area contributed by atoms with Crippen molar-refractivity contribution < 1.29 is 0 Å². The van der Waals surface area contributed by atoms with Crippen LogP contribution in [0.4, 0.5) is 0 Å². The first kappa shape index (κ1) is 14.7. The molecule has 0 bridgehead atoms. The number of halogens is 1. The molecule has 0 aliphatic rings. The van der Waals surface area contributed by atoms with Gasteiger partial charge in [0.1, 0.15) is 0 Å². The molecule has 0 spiro atoms. The Kier molecular flexibility index (Phi) is 4.18. The molecule has 1 heterocycles. The zero-order valence-corrected chi connectivity index (χ0v) is 13.4. The molecule has 22 heavy (non-hydrogen) atoms. The van der Waals surface area contributed by atoms with Gasteiger partial charge in [-0.1, -0.05) is 53.6 Å². The van der Waals surface area contributed by atoms with E-state index in [1.165, 1.54) is 5.56 Å². The van der Waals surface area contributed by atoms with Crippen molar-refractivity contribution in [2.24, 2.45) is 5.10 Å². The first-order chi connectivity index (χ1) is 10.6. The molecule has 0 fully saturated rings. The van der Waals surface area contributed by atoms with E-state index in [-0.39, 0.29) is 0 Å². The number of H-pyrrole nitrogens is 1. The van der Waals surface area contributed by atoms with E-state index < -0.39 is 0 Å². The fraction of sp³-hybridized carbons (Fsp3) is 0.0625. The van der Waals surface area contributed by atoms with Crippen LogP contribution in [0.3, 0.4) is 0 Å². The number of nitrogens with zero attached hydrogens (tertiary/aromatic N) is 3. The Bertz CT molecular complexity index is 878. The highest BCUT2D eigenvalue weighted by Crippen LogP contribution is 2.25. The van der Waals surface area contributed by atoms with Crippen molar-refractivity contribution in [3.05, 3.63) is 69.5 Å². The Morgan fingerprint density at radius 1 is 1.18 bits per heavy atom. The Labute approximate surface area is 138 Å². The standard InChI is InChI=1S/C16H13ClN4S/c1-11-6-8-12(9-7-11)10-18-21-15(19-20-16(21)22)13-4-2-3-5-14(13)17/h2-10H,1H3,(H,20,22)/b18-10+. The largest absolute Gasteiger partial charge is 0.250 e. The summed E-state index contributed by atoms with van der Waals surface area (Å²) in [5.74, 6) is 0.582. The topological polar surface area (TPSA) is 46.0 Å². The van der Waals surface area contributed by atoms with Crippen LogP contribution in [-0.2, 0) is 0 Å². The molecule has 0 aliphatic carbocycles. The second-order valence-corrected chi connectivity index (χ2v) is 5.59. The number of nitrogens with one attached hydrogen (secondary N) is 1. The molecule has 0 radical (unpaired) electrons. The lowest BCUT2D eigenvalue weighted by Crippen LogP contribution is -1.95. The van der Waals surface area contributed by atoms with E-state index in [9.17, 15) is 0 Å². The summed E-state index contributed by atoms with van der Waals surface area (Å²) in [6.45, 7) is 2.04. The van der Waals surface area contributed by atoms with Crippen molar-refractivity contribution >= 4 is 30.0 Å². The summed E-state index contributed by atoms with van der Waals surface area (Å²) in [5, 5.41) is 12.0. The molecule has 0 atom stereocenters. The lowest BCUT2D eigenvalue weighted by Gasteiger charge is -2.03. The monoisotopic (exact) mass is 328 g/mol. The predicted octanol–water partition coefficient (Wildman–Crippen LogP) is 4.45. The molecular formula is C16H13ClN4S. The molecule has 0 amide bonds. The highest BCUT2D eigenvalue weighted by atomic mass is 35.5. The van der Waals surface area contributed by atoms with Crippen molar-refractivity contribution in [1.82, 2.24) is 14.9 Å². The summed E-state index contributed by atoms with van der Waals surface area (Å²) in [6.07, 6.45) is 1.74. The highest BCUT2D eigenvalue weighted by molar-refractivity contribution is 7.71. The molecular weight excluding hydrogens is 316 g/mol. The van der Waals surface area contributed by atoms with Gasteiger partial charge in [-0.05, 0) is 36.8 Å². The smallest absolute Gasteiger partial charge is 0.216 e. The van der Waals surface area contributed by atoms with Gasteiger partial charge in [-0.15, -0.1) is 0 Å². The Balaban J connectivity index is 2.02. The van der Waals surface area contributed by atoms with Crippen LogP contribution in [0.5, 0.6) is 0 Å². The minimum Gasteiger partial charge on any atom is -0.250 e. The molecule has 0 saturated heterocycles. The molecule has 4 nitrogen and oxygen atoms in total. The van der Waals surface area contributed by atoms with Gasteiger partial charge in [0.05, 0.1) is 11.2 Å². The van der Waals surface area contributed by atoms with E-state index in [1.54, 1.807) is 10.9 Å². The number of hydrogen-bond acceptors (Lipinski definition) is 3. The zero-order chi connectivity index (χ0) is 15.5. The van der Waals surface area contributed by atoms with E-state index in [0.29, 0.717) is 15.6 Å². The van der Waals surface area contributed by atoms with Crippen molar-refractivity contribution in [2.45, 2.75) is 6.92 Å². The Morgan fingerprint density at radius 2 is 1.91 bits per heavy atom. The van der Waals surface area contributed by atoms with Gasteiger partial charge >= 0.3 is 0 Å². The Hall–Kier alpha value is -2.24. The summed E-state index contributed by atoms with van der Waals surface area (Å²) in [7, 11) is 0. The average Bonchev–Trinajstić information content (AvgIpc) is 2.88. The minimum absolute atomic E-state index is 0.415. The predicted molar refractivity (Wildman–Crippen MR) is 92.0 cm³/mol. The van der Waals surface area contributed by atoms with Crippen LogP contribution in [-0.4, -0.2) is 21.1 Å². The van der Waals surface area contributed by atoms with Gasteiger partial charge in [-0.2, -0.15) is 14.9 Å². The molecule has 1 aromatic heterocycles. The summed E-state index contributed by atoms with van der Waals surface area (Å²) >= 11 is 11.5. The molecule has 6 heteroatoms.